The highest BCUT2D eigenvalue weighted by Crippen LogP contribution is 2.32. The van der Waals surface area contributed by atoms with Gasteiger partial charge in [-0.05, 0) is 55.9 Å². The smallest absolute Gasteiger partial charge is 0.215 e. The molecule has 0 aliphatic heterocycles. The number of H-pyrrole nitrogens is 1. The SMILES string of the molecule is O=C(c1ccc(Oc2ccccc2)cc1Cl)c1n[nH]c2ncnc(N[C@H]3CC[C@H](CO)CC3)c12. The number of nitrogens with zero attached hydrogens (tertiary/aromatic N) is 3. The number of aliphatic hydroxyl groups excluding tert-OH is 1. The van der Waals surface area contributed by atoms with Crippen LogP contribution in [0.25, 0.3) is 11.0 Å². The van der Waals surface area contributed by atoms with Gasteiger partial charge in [-0.25, -0.2) is 9.97 Å². The van der Waals surface area contributed by atoms with E-state index in [1.807, 2.05) is 30.3 Å². The number of carbonyl (C=O) groups is 1. The van der Waals surface area contributed by atoms with E-state index in [4.69, 9.17) is 16.3 Å². The standard InChI is InChI=1S/C25H24ClN5O3/c26-20-12-18(34-17-4-2-1-3-5-17)10-11-19(20)23(33)22-21-24(27-14-28-25(21)31-30-22)29-16-8-6-15(13-32)7-9-16/h1-5,10-12,14-16,32H,6-9,13H2,(H2,27,28,29,30,31)/t15-,16-. The highest BCUT2D eigenvalue weighted by molar-refractivity contribution is 6.35. The zero-order valence-electron chi connectivity index (χ0n) is 18.4. The second-order valence-corrected chi connectivity index (χ2v) is 8.86. The molecular formula is C25H24ClN5O3. The normalized spacial score (nSPS) is 18.1. The van der Waals surface area contributed by atoms with Crippen LogP contribution in [0, 0.1) is 5.92 Å². The summed E-state index contributed by atoms with van der Waals surface area (Å²) in [5, 5.41) is 20.7. The molecule has 4 aromatic rings. The second kappa shape index (κ2) is 9.79. The molecule has 8 nitrogen and oxygen atoms in total. The van der Waals surface area contributed by atoms with Crippen molar-refractivity contribution in [1.29, 1.82) is 0 Å². The van der Waals surface area contributed by atoms with E-state index in [2.05, 4.69) is 25.5 Å². The molecule has 0 unspecified atom stereocenters. The third-order valence-corrected chi connectivity index (χ3v) is 6.50. The van der Waals surface area contributed by atoms with Crippen LogP contribution in [0.5, 0.6) is 11.5 Å². The Hall–Kier alpha value is -3.49. The molecule has 0 saturated heterocycles. The third-order valence-electron chi connectivity index (χ3n) is 6.18. The Balaban J connectivity index is 1.40. The maximum atomic E-state index is 13.4. The number of hydrogen-bond donors (Lipinski definition) is 3. The maximum absolute atomic E-state index is 13.4. The summed E-state index contributed by atoms with van der Waals surface area (Å²) >= 11 is 6.48. The van der Waals surface area contributed by atoms with E-state index < -0.39 is 0 Å². The topological polar surface area (TPSA) is 113 Å². The summed E-state index contributed by atoms with van der Waals surface area (Å²) in [6.45, 7) is 0.223. The van der Waals surface area contributed by atoms with Gasteiger partial charge in [-0.2, -0.15) is 5.10 Å². The van der Waals surface area contributed by atoms with Gasteiger partial charge in [0, 0.05) is 24.3 Å². The van der Waals surface area contributed by atoms with Crippen molar-refractivity contribution in [3.63, 3.8) is 0 Å². The minimum atomic E-state index is -0.329. The highest BCUT2D eigenvalue weighted by atomic mass is 35.5. The van der Waals surface area contributed by atoms with Gasteiger partial charge in [-0.3, -0.25) is 9.89 Å². The van der Waals surface area contributed by atoms with Crippen molar-refractivity contribution in [2.45, 2.75) is 31.7 Å². The number of aromatic nitrogens is 4. The van der Waals surface area contributed by atoms with Crippen molar-refractivity contribution in [3.05, 3.63) is 71.1 Å². The zero-order valence-corrected chi connectivity index (χ0v) is 19.1. The number of hydrogen-bond acceptors (Lipinski definition) is 7. The Labute approximate surface area is 201 Å². The summed E-state index contributed by atoms with van der Waals surface area (Å²) in [6, 6.07) is 14.5. The molecule has 1 aliphatic rings. The number of para-hydroxylation sites is 1. The number of halogens is 1. The minimum Gasteiger partial charge on any atom is -0.457 e. The number of nitrogens with one attached hydrogen (secondary N) is 2. The van der Waals surface area contributed by atoms with Crippen LogP contribution in [-0.2, 0) is 0 Å². The van der Waals surface area contributed by atoms with Crippen molar-refractivity contribution in [1.82, 2.24) is 20.2 Å². The van der Waals surface area contributed by atoms with E-state index in [9.17, 15) is 9.90 Å². The lowest BCUT2D eigenvalue weighted by Crippen LogP contribution is -2.27. The Kier molecular flexibility index (Phi) is 6.42. The van der Waals surface area contributed by atoms with E-state index in [1.54, 1.807) is 18.2 Å². The predicted octanol–water partition coefficient (Wildman–Crippen LogP) is 4.99. The maximum Gasteiger partial charge on any atom is 0.215 e. The molecule has 9 heteroatoms. The van der Waals surface area contributed by atoms with Crippen LogP contribution in [0.3, 0.4) is 0 Å². The largest absolute Gasteiger partial charge is 0.457 e. The van der Waals surface area contributed by atoms with Gasteiger partial charge < -0.3 is 15.2 Å². The Morgan fingerprint density at radius 1 is 1.09 bits per heavy atom. The summed E-state index contributed by atoms with van der Waals surface area (Å²) in [6.07, 6.45) is 5.19. The molecule has 2 aromatic carbocycles. The van der Waals surface area contributed by atoms with E-state index in [1.165, 1.54) is 6.33 Å². The lowest BCUT2D eigenvalue weighted by atomic mass is 9.86. The monoisotopic (exact) mass is 477 g/mol. The molecule has 3 N–H and O–H groups in total. The summed E-state index contributed by atoms with van der Waals surface area (Å²) in [7, 11) is 0. The number of ketones is 1. The molecular weight excluding hydrogens is 454 g/mol. The van der Waals surface area contributed by atoms with Crippen molar-refractivity contribution in [3.8, 4) is 11.5 Å². The number of aliphatic hydroxyl groups is 1. The highest BCUT2D eigenvalue weighted by Gasteiger charge is 2.25. The molecule has 1 saturated carbocycles. The number of anilines is 1. The van der Waals surface area contributed by atoms with Crippen LogP contribution < -0.4 is 10.1 Å². The Morgan fingerprint density at radius 2 is 1.88 bits per heavy atom. The summed E-state index contributed by atoms with van der Waals surface area (Å²) in [5.41, 5.74) is 1.000. The first-order valence-electron chi connectivity index (χ1n) is 11.3. The molecule has 1 fully saturated rings. The first-order chi connectivity index (χ1) is 16.6. The number of ether oxygens (including phenoxy) is 1. The zero-order chi connectivity index (χ0) is 23.5. The lowest BCUT2D eigenvalue weighted by molar-refractivity contribution is 0.103. The van der Waals surface area contributed by atoms with E-state index in [0.29, 0.717) is 39.8 Å². The van der Waals surface area contributed by atoms with Crippen LogP contribution >= 0.6 is 11.6 Å². The number of rotatable bonds is 7. The number of fused-ring (bicyclic) bond motifs is 1. The molecule has 0 atom stereocenters. The molecule has 2 aromatic heterocycles. The molecule has 0 radical (unpaired) electrons. The first kappa shape index (κ1) is 22.3. The quantitative estimate of drug-likeness (QED) is 0.321. The van der Waals surface area contributed by atoms with Gasteiger partial charge in [0.05, 0.1) is 10.4 Å². The second-order valence-electron chi connectivity index (χ2n) is 8.45. The van der Waals surface area contributed by atoms with Gasteiger partial charge in [-0.15, -0.1) is 0 Å². The Bertz CT molecular complexity index is 1300. The molecule has 34 heavy (non-hydrogen) atoms. The van der Waals surface area contributed by atoms with Gasteiger partial charge in [0.15, 0.2) is 5.65 Å². The molecule has 5 rings (SSSR count). The van der Waals surface area contributed by atoms with E-state index in [-0.39, 0.29) is 29.1 Å². The number of carbonyl (C=O) groups excluding carboxylic acids is 1. The van der Waals surface area contributed by atoms with Crippen LogP contribution in [0.1, 0.15) is 41.7 Å². The van der Waals surface area contributed by atoms with E-state index in [0.717, 1.165) is 25.7 Å². The molecule has 2 heterocycles. The Morgan fingerprint density at radius 3 is 2.62 bits per heavy atom. The summed E-state index contributed by atoms with van der Waals surface area (Å²) in [5.74, 6) is 1.80. The van der Waals surface area contributed by atoms with Crippen molar-refractivity contribution in [2.24, 2.45) is 5.92 Å². The fraction of sp³-hybridized carbons (Fsp3) is 0.280. The molecule has 0 amide bonds. The van der Waals surface area contributed by atoms with E-state index >= 15 is 0 Å². The van der Waals surface area contributed by atoms with Crippen LogP contribution in [0.4, 0.5) is 5.82 Å². The molecule has 1 aliphatic carbocycles. The average Bonchev–Trinajstić information content (AvgIpc) is 3.30. The van der Waals surface area contributed by atoms with Gasteiger partial charge >= 0.3 is 0 Å². The average molecular weight is 478 g/mol. The van der Waals surface area contributed by atoms with Crippen LogP contribution in [-0.4, -0.2) is 43.7 Å². The van der Waals surface area contributed by atoms with Gasteiger partial charge in [0.25, 0.3) is 0 Å². The summed E-state index contributed by atoms with van der Waals surface area (Å²) < 4.78 is 5.81. The van der Waals surface area contributed by atoms with Gasteiger partial charge in [0.2, 0.25) is 5.78 Å². The fourth-order valence-corrected chi connectivity index (χ4v) is 4.57. The van der Waals surface area contributed by atoms with Crippen LogP contribution in [0.2, 0.25) is 5.02 Å². The molecule has 0 bridgehead atoms. The van der Waals surface area contributed by atoms with Crippen molar-refractivity contribution in [2.75, 3.05) is 11.9 Å². The van der Waals surface area contributed by atoms with Gasteiger partial charge in [0.1, 0.15) is 29.3 Å². The predicted molar refractivity (Wildman–Crippen MR) is 130 cm³/mol. The number of aromatic amines is 1. The lowest BCUT2D eigenvalue weighted by Gasteiger charge is -2.28. The van der Waals surface area contributed by atoms with Crippen LogP contribution in [0.15, 0.2) is 54.9 Å². The molecule has 174 valence electrons. The molecule has 0 spiro atoms. The number of benzene rings is 2. The fourth-order valence-electron chi connectivity index (χ4n) is 4.31. The van der Waals surface area contributed by atoms with Gasteiger partial charge in [-0.1, -0.05) is 29.8 Å². The van der Waals surface area contributed by atoms with Crippen molar-refractivity contribution >= 4 is 34.2 Å². The first-order valence-corrected chi connectivity index (χ1v) is 11.6. The summed E-state index contributed by atoms with van der Waals surface area (Å²) in [4.78, 5) is 22.0. The minimum absolute atomic E-state index is 0.205. The van der Waals surface area contributed by atoms with Crippen molar-refractivity contribution < 1.29 is 14.6 Å². The third kappa shape index (κ3) is 4.60.